The highest BCUT2D eigenvalue weighted by Gasteiger charge is 2.31. The van der Waals surface area contributed by atoms with E-state index in [0.717, 1.165) is 96.5 Å². The standard InChI is InChI=1S/C33H38FN3O2S2.C32H36FN3O2S2/c1-23(16-18-40-3)36-32(38)31-19-25(7-12-26(31)11-6-24-8-13-28(34)14-9-24)10-15-29-20-30(22-37(29)2)41-33(39)27-5-4-17-35-21-27;1-22(15-17-39-2)36-31(37)30-18-24(6-11-25(30)10-5-23-7-12-27(33)13-8-23)9-14-28-19-29(21-35-28)40-32(38)26-4-3-16-34-20-26/h4-5,7-10,12-15,17,19,21,23,29-30H,6,11,16,18,20,22H2,1-3H3,(H,36,38);3-4,6-9,11-14,16,18,20,22,28-29,35H,5,10,15,17,19,21H2,1-2H3,(H,36,37)/b15-10+;14-9+/t23-,29-,30+;22-,28-,29+/m11/s1. The summed E-state index contributed by atoms with van der Waals surface area (Å²) in [6.45, 7) is 5.67. The molecule has 0 unspecified atom stereocenters. The first-order valence-electron chi connectivity index (χ1n) is 27.6. The molecule has 8 rings (SSSR count). The van der Waals surface area contributed by atoms with Crippen molar-refractivity contribution in [1.29, 1.82) is 0 Å². The van der Waals surface area contributed by atoms with Crippen LogP contribution in [0.4, 0.5) is 8.78 Å². The number of likely N-dealkylation sites (N-methyl/N-ethyl adjacent to an activating group) is 1. The van der Waals surface area contributed by atoms with Gasteiger partial charge in [0.05, 0.1) is 0 Å². The lowest BCUT2D eigenvalue weighted by molar-refractivity contribution is 0.0930. The highest BCUT2D eigenvalue weighted by atomic mass is 32.2. The number of benzene rings is 4. The van der Waals surface area contributed by atoms with Crippen LogP contribution in [0.15, 0.2) is 146 Å². The van der Waals surface area contributed by atoms with Gasteiger partial charge in [-0.25, -0.2) is 8.78 Å². The molecule has 2 aromatic heterocycles. The van der Waals surface area contributed by atoms with E-state index < -0.39 is 0 Å². The molecule has 2 amide bonds. The highest BCUT2D eigenvalue weighted by molar-refractivity contribution is 8.15. The maximum atomic E-state index is 13.4. The van der Waals surface area contributed by atoms with E-state index in [-0.39, 0.29) is 68.3 Å². The summed E-state index contributed by atoms with van der Waals surface area (Å²) in [5, 5.41) is 10.3. The molecule has 16 heteroatoms. The van der Waals surface area contributed by atoms with Crippen LogP contribution < -0.4 is 16.0 Å². The van der Waals surface area contributed by atoms with Gasteiger partial charge in [0.15, 0.2) is 0 Å². The second-order valence-corrected chi connectivity index (χ2v) is 25.2. The minimum absolute atomic E-state index is 0.0446. The van der Waals surface area contributed by atoms with Gasteiger partial charge in [0.25, 0.3) is 11.8 Å². The monoisotopic (exact) mass is 1170 g/mol. The molecule has 6 atom stereocenters. The molecular formula is C65H74F2N6O4S4. The predicted octanol–water partition coefficient (Wildman–Crippen LogP) is 12.7. The first-order chi connectivity index (χ1) is 39.2. The van der Waals surface area contributed by atoms with E-state index in [1.807, 2.05) is 50.3 Å². The minimum atomic E-state index is -0.249. The zero-order valence-electron chi connectivity index (χ0n) is 46.8. The average molecular weight is 1170 g/mol. The van der Waals surface area contributed by atoms with E-state index in [4.69, 9.17) is 0 Å². The third-order valence-corrected chi connectivity index (χ3v) is 17.8. The number of aryl methyl sites for hydroxylation is 4. The first kappa shape index (κ1) is 62.7. The van der Waals surface area contributed by atoms with Crippen LogP contribution in [-0.4, -0.2) is 116 Å². The molecule has 3 N–H and O–H groups in total. The number of halogens is 2. The van der Waals surface area contributed by atoms with Gasteiger partial charge in [0, 0.05) is 94.8 Å². The van der Waals surface area contributed by atoms with Crippen LogP contribution in [0, 0.1) is 11.6 Å². The molecule has 0 radical (unpaired) electrons. The third-order valence-electron chi connectivity index (χ3n) is 14.3. The molecule has 2 aliphatic heterocycles. The molecule has 4 aromatic carbocycles. The third kappa shape index (κ3) is 20.5. The highest BCUT2D eigenvalue weighted by Crippen LogP contribution is 2.31. The molecule has 10 nitrogen and oxygen atoms in total. The summed E-state index contributed by atoms with van der Waals surface area (Å²) in [7, 11) is 2.08. The Bertz CT molecular complexity index is 3040. The van der Waals surface area contributed by atoms with Crippen LogP contribution in [0.5, 0.6) is 0 Å². The van der Waals surface area contributed by atoms with Crippen LogP contribution in [0.25, 0.3) is 12.2 Å². The van der Waals surface area contributed by atoms with Gasteiger partial charge in [-0.2, -0.15) is 23.5 Å². The Balaban J connectivity index is 0.000000234. The van der Waals surface area contributed by atoms with Crippen LogP contribution in [-0.2, 0) is 25.7 Å². The lowest BCUT2D eigenvalue weighted by Gasteiger charge is -2.17. The number of nitrogens with one attached hydrogen (secondary N) is 3. The van der Waals surface area contributed by atoms with Crippen molar-refractivity contribution < 1.29 is 28.0 Å². The van der Waals surface area contributed by atoms with Crippen LogP contribution >= 0.6 is 47.0 Å². The molecule has 6 aromatic rings. The van der Waals surface area contributed by atoms with Crippen molar-refractivity contribution in [3.8, 4) is 0 Å². The zero-order chi connectivity index (χ0) is 57.5. The zero-order valence-corrected chi connectivity index (χ0v) is 50.1. The Morgan fingerprint density at radius 2 is 1.12 bits per heavy atom. The summed E-state index contributed by atoms with van der Waals surface area (Å²) in [6.07, 6.45) is 25.5. The molecule has 4 heterocycles. The maximum Gasteiger partial charge on any atom is 0.251 e. The van der Waals surface area contributed by atoms with Gasteiger partial charge in [-0.1, -0.05) is 96.4 Å². The van der Waals surface area contributed by atoms with E-state index in [1.165, 1.54) is 47.8 Å². The van der Waals surface area contributed by atoms with Crippen molar-refractivity contribution >= 4 is 81.2 Å². The number of hydrogen-bond acceptors (Lipinski definition) is 12. The van der Waals surface area contributed by atoms with Gasteiger partial charge >= 0.3 is 0 Å². The Morgan fingerprint density at radius 3 is 1.59 bits per heavy atom. The van der Waals surface area contributed by atoms with Crippen LogP contribution in [0.1, 0.15) is 114 Å². The molecule has 0 spiro atoms. The molecule has 0 aliphatic carbocycles. The van der Waals surface area contributed by atoms with Crippen molar-refractivity contribution in [3.05, 3.63) is 213 Å². The minimum Gasteiger partial charge on any atom is -0.350 e. The second kappa shape index (κ2) is 32.7. The summed E-state index contributed by atoms with van der Waals surface area (Å²) in [4.78, 5) is 62.3. The number of nitrogens with zero attached hydrogens (tertiary/aromatic N) is 3. The van der Waals surface area contributed by atoms with Crippen molar-refractivity contribution in [2.45, 2.75) is 99.9 Å². The van der Waals surface area contributed by atoms with E-state index in [9.17, 15) is 28.0 Å². The largest absolute Gasteiger partial charge is 0.350 e. The van der Waals surface area contributed by atoms with E-state index in [0.29, 0.717) is 35.1 Å². The van der Waals surface area contributed by atoms with E-state index in [2.05, 4.69) is 74.7 Å². The van der Waals surface area contributed by atoms with E-state index in [1.54, 1.807) is 96.8 Å². The fourth-order valence-corrected chi connectivity index (χ4v) is 13.0. The van der Waals surface area contributed by atoms with Gasteiger partial charge < -0.3 is 16.0 Å². The molecule has 0 bridgehead atoms. The van der Waals surface area contributed by atoms with Crippen LogP contribution in [0.2, 0.25) is 0 Å². The number of aromatic nitrogens is 2. The lowest BCUT2D eigenvalue weighted by atomic mass is 9.96. The quantitative estimate of drug-likeness (QED) is 0.0533. The Hall–Kier alpha value is -5.88. The molecule has 0 saturated carbocycles. The van der Waals surface area contributed by atoms with Crippen LogP contribution in [0.3, 0.4) is 0 Å². The predicted molar refractivity (Wildman–Crippen MR) is 336 cm³/mol. The SMILES string of the molecule is CSCC[C@@H](C)NC(=O)c1cc(/C=C/[C@@H]2C[C@H](SC(=O)c3cccnc3)CN2)ccc1CCc1ccc(F)cc1.CSCC[C@@H](C)NC(=O)c1cc(/C=C/[C@@H]2C[C@H](SC(=O)c3cccnc3)CN2C)ccc1CCc1ccc(F)cc1. The fourth-order valence-electron chi connectivity index (χ4n) is 9.57. The number of hydrogen-bond donors (Lipinski definition) is 3. The van der Waals surface area contributed by atoms with Crippen molar-refractivity contribution in [3.63, 3.8) is 0 Å². The van der Waals surface area contributed by atoms with Gasteiger partial charge in [-0.15, -0.1) is 0 Å². The molecule has 2 aliphatic rings. The smallest absolute Gasteiger partial charge is 0.251 e. The van der Waals surface area contributed by atoms with Crippen molar-refractivity contribution in [2.24, 2.45) is 0 Å². The fraction of sp³-hybridized carbons (Fsp3) is 0.354. The summed E-state index contributed by atoms with van der Waals surface area (Å²) in [5.41, 5.74) is 8.55. The number of likely N-dealkylation sites (tertiary alicyclic amines) is 1. The number of amides is 2. The number of carbonyl (C=O) groups is 4. The summed E-state index contributed by atoms with van der Waals surface area (Å²) < 4.78 is 26.7. The Kier molecular flexibility index (Phi) is 25.3. The number of rotatable bonds is 24. The second-order valence-electron chi connectivity index (χ2n) is 20.6. The van der Waals surface area contributed by atoms with Gasteiger partial charge in [0.1, 0.15) is 11.6 Å². The molecule has 426 valence electrons. The first-order valence-corrected chi connectivity index (χ1v) is 32.1. The molecule has 2 fully saturated rings. The summed E-state index contributed by atoms with van der Waals surface area (Å²) in [5.74, 6) is 1.35. The summed E-state index contributed by atoms with van der Waals surface area (Å²) in [6, 6.07) is 32.8. The normalized spacial score (nSPS) is 17.9. The van der Waals surface area contributed by atoms with Crippen molar-refractivity contribution in [1.82, 2.24) is 30.8 Å². The number of carbonyl (C=O) groups excluding carboxylic acids is 4. The van der Waals surface area contributed by atoms with Gasteiger partial charge in [-0.05, 0) is 190 Å². The molecular weight excluding hydrogens is 1100 g/mol. The number of thioether (sulfide) groups is 4. The summed E-state index contributed by atoms with van der Waals surface area (Å²) >= 11 is 6.28. The topological polar surface area (TPSA) is 133 Å². The average Bonchev–Trinajstić information content (AvgIpc) is 4.09. The van der Waals surface area contributed by atoms with Gasteiger partial charge in [0.2, 0.25) is 10.2 Å². The Labute approximate surface area is 494 Å². The Morgan fingerprint density at radius 1 is 0.642 bits per heavy atom. The van der Waals surface area contributed by atoms with E-state index >= 15 is 0 Å². The van der Waals surface area contributed by atoms with Crippen molar-refractivity contribution in [2.75, 3.05) is 44.2 Å². The maximum absolute atomic E-state index is 13.4. The van der Waals surface area contributed by atoms with Gasteiger partial charge in [-0.3, -0.25) is 34.0 Å². The molecule has 81 heavy (non-hydrogen) atoms. The molecule has 2 saturated heterocycles. The number of pyridine rings is 2. The lowest BCUT2D eigenvalue weighted by Crippen LogP contribution is -2.33.